The molecule has 3 rings (SSSR count). The van der Waals surface area contributed by atoms with E-state index in [0.717, 1.165) is 49.5 Å². The van der Waals surface area contributed by atoms with Gasteiger partial charge in [0.15, 0.2) is 5.78 Å². The van der Waals surface area contributed by atoms with E-state index < -0.39 is 0 Å². The maximum atomic E-state index is 12.5. The molecule has 1 aromatic carbocycles. The van der Waals surface area contributed by atoms with Crippen LogP contribution in [0.15, 0.2) is 47.1 Å². The zero-order chi connectivity index (χ0) is 17.6. The fourth-order valence-corrected chi connectivity index (χ4v) is 3.25. The van der Waals surface area contributed by atoms with Crippen molar-refractivity contribution in [3.05, 3.63) is 54.0 Å². The summed E-state index contributed by atoms with van der Waals surface area (Å²) in [4.78, 5) is 14.9. The number of Topliss-reactive ketones (excluding diaryl/α,β-unsaturated/α-hetero) is 1. The minimum Gasteiger partial charge on any atom is -0.494 e. The number of rotatable bonds is 10. The summed E-state index contributed by atoms with van der Waals surface area (Å²) >= 11 is 0. The van der Waals surface area contributed by atoms with Gasteiger partial charge in [-0.15, -0.1) is 0 Å². The van der Waals surface area contributed by atoms with Gasteiger partial charge in [0.05, 0.1) is 12.9 Å². The van der Waals surface area contributed by atoms with Crippen molar-refractivity contribution in [3.63, 3.8) is 0 Å². The van der Waals surface area contributed by atoms with Gasteiger partial charge in [-0.1, -0.05) is 13.8 Å². The average molecular weight is 341 g/mol. The van der Waals surface area contributed by atoms with Crippen molar-refractivity contribution in [3.8, 4) is 5.75 Å². The highest BCUT2D eigenvalue weighted by Gasteiger charge is 2.45. The van der Waals surface area contributed by atoms with Crippen molar-refractivity contribution in [2.75, 3.05) is 26.2 Å². The van der Waals surface area contributed by atoms with Crippen molar-refractivity contribution in [2.24, 2.45) is 5.92 Å². The summed E-state index contributed by atoms with van der Waals surface area (Å²) in [5.41, 5.74) is 0.759. The summed E-state index contributed by atoms with van der Waals surface area (Å²) in [7, 11) is 0. The average Bonchev–Trinajstić information content (AvgIpc) is 3.26. The SMILES string of the molecule is CCN(CC)CCCOc1ccc(C(=O)[C@@H]2C[C@H]2c2ccco2)cc1. The van der Waals surface area contributed by atoms with Crippen molar-refractivity contribution >= 4 is 5.78 Å². The van der Waals surface area contributed by atoms with Crippen molar-refractivity contribution < 1.29 is 13.9 Å². The van der Waals surface area contributed by atoms with Gasteiger partial charge in [-0.3, -0.25) is 4.79 Å². The first-order valence-corrected chi connectivity index (χ1v) is 9.25. The molecule has 2 atom stereocenters. The summed E-state index contributed by atoms with van der Waals surface area (Å²) in [5, 5.41) is 0. The monoisotopic (exact) mass is 341 g/mol. The van der Waals surface area contributed by atoms with Crippen molar-refractivity contribution in [2.45, 2.75) is 32.6 Å². The second-order valence-corrected chi connectivity index (χ2v) is 6.58. The first-order chi connectivity index (χ1) is 12.2. The third kappa shape index (κ3) is 4.51. The van der Waals surface area contributed by atoms with Crippen LogP contribution < -0.4 is 4.74 Å². The van der Waals surface area contributed by atoms with Crippen LogP contribution in [0.2, 0.25) is 0 Å². The Balaban J connectivity index is 1.45. The molecule has 0 N–H and O–H groups in total. The summed E-state index contributed by atoms with van der Waals surface area (Å²) < 4.78 is 11.2. The van der Waals surface area contributed by atoms with Crippen LogP contribution in [-0.4, -0.2) is 36.9 Å². The van der Waals surface area contributed by atoms with Crippen LogP contribution in [0, 0.1) is 5.92 Å². The van der Waals surface area contributed by atoms with E-state index in [4.69, 9.17) is 9.15 Å². The minimum absolute atomic E-state index is 0.0620. The topological polar surface area (TPSA) is 42.7 Å². The van der Waals surface area contributed by atoms with E-state index >= 15 is 0 Å². The quantitative estimate of drug-likeness (QED) is 0.475. The van der Waals surface area contributed by atoms with Gasteiger partial charge in [-0.25, -0.2) is 0 Å². The molecule has 134 valence electrons. The molecule has 4 heteroatoms. The molecular formula is C21H27NO3. The maximum Gasteiger partial charge on any atom is 0.166 e. The molecular weight excluding hydrogens is 314 g/mol. The molecule has 0 radical (unpaired) electrons. The van der Waals surface area contributed by atoms with Crippen LogP contribution >= 0.6 is 0 Å². The minimum atomic E-state index is 0.0620. The lowest BCUT2D eigenvalue weighted by Crippen LogP contribution is -2.25. The number of furan rings is 1. The molecule has 1 fully saturated rings. The van der Waals surface area contributed by atoms with Crippen LogP contribution in [-0.2, 0) is 0 Å². The van der Waals surface area contributed by atoms with E-state index in [1.165, 1.54) is 0 Å². The predicted octanol–water partition coefficient (Wildman–Crippen LogP) is 4.38. The maximum absolute atomic E-state index is 12.5. The highest BCUT2D eigenvalue weighted by Crippen LogP contribution is 2.49. The third-order valence-corrected chi connectivity index (χ3v) is 4.96. The summed E-state index contributed by atoms with van der Waals surface area (Å²) in [5.74, 6) is 2.26. The van der Waals surface area contributed by atoms with Gasteiger partial charge in [-0.05, 0) is 62.3 Å². The Morgan fingerprint density at radius 2 is 1.96 bits per heavy atom. The zero-order valence-corrected chi connectivity index (χ0v) is 15.1. The lowest BCUT2D eigenvalue weighted by atomic mass is 10.1. The zero-order valence-electron chi connectivity index (χ0n) is 15.1. The number of carbonyl (C=O) groups is 1. The fourth-order valence-electron chi connectivity index (χ4n) is 3.25. The molecule has 1 heterocycles. The predicted molar refractivity (Wildman–Crippen MR) is 98.2 cm³/mol. The van der Waals surface area contributed by atoms with Crippen LogP contribution in [0.1, 0.15) is 48.7 Å². The van der Waals surface area contributed by atoms with E-state index in [0.29, 0.717) is 6.61 Å². The fraction of sp³-hybridized carbons (Fsp3) is 0.476. The van der Waals surface area contributed by atoms with Gasteiger partial charge in [-0.2, -0.15) is 0 Å². The molecule has 0 saturated heterocycles. The Morgan fingerprint density at radius 3 is 2.60 bits per heavy atom. The standard InChI is InChI=1S/C21H27NO3/c1-3-22(4-2)12-6-14-24-17-10-8-16(9-11-17)21(23)19-15-18(19)20-7-5-13-25-20/h5,7-11,13,18-19H,3-4,6,12,14-15H2,1-2H3/t18-,19-/m1/s1. The van der Waals surface area contributed by atoms with E-state index in [1.807, 2.05) is 36.4 Å². The largest absolute Gasteiger partial charge is 0.494 e. The lowest BCUT2D eigenvalue weighted by molar-refractivity contribution is 0.0964. The molecule has 4 nitrogen and oxygen atoms in total. The van der Waals surface area contributed by atoms with Gasteiger partial charge >= 0.3 is 0 Å². The first-order valence-electron chi connectivity index (χ1n) is 9.25. The number of ketones is 1. The normalized spacial score (nSPS) is 19.2. The van der Waals surface area contributed by atoms with Gasteiger partial charge in [0, 0.05) is 23.9 Å². The van der Waals surface area contributed by atoms with Crippen LogP contribution in [0.25, 0.3) is 0 Å². The molecule has 1 saturated carbocycles. The highest BCUT2D eigenvalue weighted by molar-refractivity contribution is 6.00. The summed E-state index contributed by atoms with van der Waals surface area (Å²) in [6.07, 6.45) is 3.56. The molecule has 0 bridgehead atoms. The van der Waals surface area contributed by atoms with E-state index in [1.54, 1.807) is 6.26 Å². The van der Waals surface area contributed by atoms with Crippen LogP contribution in [0.4, 0.5) is 0 Å². The van der Waals surface area contributed by atoms with Crippen molar-refractivity contribution in [1.29, 1.82) is 0 Å². The van der Waals surface area contributed by atoms with Crippen LogP contribution in [0.5, 0.6) is 5.75 Å². The van der Waals surface area contributed by atoms with Gasteiger partial charge in [0.2, 0.25) is 0 Å². The van der Waals surface area contributed by atoms with E-state index in [-0.39, 0.29) is 17.6 Å². The third-order valence-electron chi connectivity index (χ3n) is 4.96. The Labute approximate surface area is 149 Å². The Bertz CT molecular complexity index is 659. The molecule has 2 aromatic rings. The molecule has 0 amide bonds. The Kier molecular flexibility index (Phi) is 5.92. The summed E-state index contributed by atoms with van der Waals surface area (Å²) in [6.45, 7) is 8.26. The molecule has 0 spiro atoms. The number of hydrogen-bond acceptors (Lipinski definition) is 4. The first kappa shape index (κ1) is 17.7. The molecule has 1 aliphatic rings. The smallest absolute Gasteiger partial charge is 0.166 e. The molecule has 0 unspecified atom stereocenters. The molecule has 25 heavy (non-hydrogen) atoms. The number of carbonyl (C=O) groups excluding carboxylic acids is 1. The highest BCUT2D eigenvalue weighted by atomic mass is 16.5. The Morgan fingerprint density at radius 1 is 1.20 bits per heavy atom. The molecule has 1 aromatic heterocycles. The van der Waals surface area contributed by atoms with Gasteiger partial charge in [0.25, 0.3) is 0 Å². The Hall–Kier alpha value is -2.07. The van der Waals surface area contributed by atoms with Crippen LogP contribution in [0.3, 0.4) is 0 Å². The number of nitrogens with zero attached hydrogens (tertiary/aromatic N) is 1. The second-order valence-electron chi connectivity index (χ2n) is 6.58. The van der Waals surface area contributed by atoms with E-state index in [2.05, 4.69) is 18.7 Å². The lowest BCUT2D eigenvalue weighted by Gasteiger charge is -2.17. The second kappa shape index (κ2) is 8.34. The molecule has 0 aliphatic heterocycles. The van der Waals surface area contributed by atoms with Gasteiger partial charge < -0.3 is 14.1 Å². The number of hydrogen-bond donors (Lipinski definition) is 0. The summed E-state index contributed by atoms with van der Waals surface area (Å²) in [6, 6.07) is 11.4. The molecule has 1 aliphatic carbocycles. The van der Waals surface area contributed by atoms with E-state index in [9.17, 15) is 4.79 Å². The van der Waals surface area contributed by atoms with Gasteiger partial charge in [0.1, 0.15) is 11.5 Å². The van der Waals surface area contributed by atoms with Crippen molar-refractivity contribution in [1.82, 2.24) is 4.90 Å². The number of ether oxygens (including phenoxy) is 1. The number of benzene rings is 1.